The van der Waals surface area contributed by atoms with Crippen LogP contribution < -0.4 is 5.32 Å². The predicted molar refractivity (Wildman–Crippen MR) is 87.3 cm³/mol. The summed E-state index contributed by atoms with van der Waals surface area (Å²) in [7, 11) is 0. The first-order valence-corrected chi connectivity index (χ1v) is 7.67. The van der Waals surface area contributed by atoms with Crippen molar-refractivity contribution in [1.82, 2.24) is 5.32 Å². The molecule has 1 atom stereocenters. The zero-order valence-electron chi connectivity index (χ0n) is 12.8. The van der Waals surface area contributed by atoms with Gasteiger partial charge in [0.05, 0.1) is 12.7 Å². The summed E-state index contributed by atoms with van der Waals surface area (Å²) < 4.78 is 0. The SMILES string of the molecule is CCC(CC)(CO)NCC(O)c1ccc2ccccc2c1. The lowest BCUT2D eigenvalue weighted by Gasteiger charge is -2.32. The molecule has 3 nitrogen and oxygen atoms in total. The standard InChI is InChI=1S/C18H25NO2/c1-3-18(4-2,13-20)19-12-17(21)16-10-9-14-7-5-6-8-15(14)11-16/h5-11,17,19-21H,3-4,12-13H2,1-2H3. The molecule has 3 N–H and O–H groups in total. The number of hydrogen-bond donors (Lipinski definition) is 3. The molecule has 0 heterocycles. The van der Waals surface area contributed by atoms with Crippen LogP contribution in [0.5, 0.6) is 0 Å². The molecule has 0 fully saturated rings. The summed E-state index contributed by atoms with van der Waals surface area (Å²) in [4.78, 5) is 0. The van der Waals surface area contributed by atoms with Gasteiger partial charge in [-0.05, 0) is 35.2 Å². The number of aliphatic hydroxyl groups is 2. The zero-order chi connectivity index (χ0) is 15.3. The Morgan fingerprint density at radius 2 is 1.71 bits per heavy atom. The Labute approximate surface area is 126 Å². The van der Waals surface area contributed by atoms with E-state index in [9.17, 15) is 10.2 Å². The predicted octanol–water partition coefficient (Wildman–Crippen LogP) is 3.01. The van der Waals surface area contributed by atoms with Gasteiger partial charge in [-0.3, -0.25) is 0 Å². The van der Waals surface area contributed by atoms with Gasteiger partial charge in [-0.1, -0.05) is 50.2 Å². The van der Waals surface area contributed by atoms with Crippen molar-refractivity contribution in [2.24, 2.45) is 0 Å². The van der Waals surface area contributed by atoms with Crippen LogP contribution in [-0.4, -0.2) is 28.9 Å². The molecular weight excluding hydrogens is 262 g/mol. The molecule has 0 aliphatic heterocycles. The molecule has 0 aliphatic carbocycles. The van der Waals surface area contributed by atoms with Crippen molar-refractivity contribution in [1.29, 1.82) is 0 Å². The van der Waals surface area contributed by atoms with Gasteiger partial charge in [0.15, 0.2) is 0 Å². The summed E-state index contributed by atoms with van der Waals surface area (Å²) >= 11 is 0. The van der Waals surface area contributed by atoms with Gasteiger partial charge in [0.25, 0.3) is 0 Å². The molecule has 0 aliphatic rings. The van der Waals surface area contributed by atoms with Crippen LogP contribution in [0.3, 0.4) is 0 Å². The molecule has 21 heavy (non-hydrogen) atoms. The highest BCUT2D eigenvalue weighted by molar-refractivity contribution is 5.83. The lowest BCUT2D eigenvalue weighted by molar-refractivity contribution is 0.114. The second-order valence-electron chi connectivity index (χ2n) is 5.65. The molecule has 0 saturated carbocycles. The minimum atomic E-state index is -0.571. The molecule has 0 amide bonds. The van der Waals surface area contributed by atoms with Crippen molar-refractivity contribution in [3.05, 3.63) is 48.0 Å². The van der Waals surface area contributed by atoms with E-state index < -0.39 is 6.10 Å². The van der Waals surface area contributed by atoms with E-state index in [1.54, 1.807) is 0 Å². The highest BCUT2D eigenvalue weighted by atomic mass is 16.3. The summed E-state index contributed by atoms with van der Waals surface area (Å²) in [6, 6.07) is 14.2. The molecule has 2 aromatic rings. The van der Waals surface area contributed by atoms with Gasteiger partial charge in [-0.2, -0.15) is 0 Å². The van der Waals surface area contributed by atoms with Crippen LogP contribution in [0.15, 0.2) is 42.5 Å². The zero-order valence-corrected chi connectivity index (χ0v) is 12.8. The van der Waals surface area contributed by atoms with Crippen molar-refractivity contribution in [3.63, 3.8) is 0 Å². The Morgan fingerprint density at radius 1 is 1.05 bits per heavy atom. The Kier molecular flexibility index (Phi) is 5.34. The van der Waals surface area contributed by atoms with E-state index in [1.165, 1.54) is 5.39 Å². The monoisotopic (exact) mass is 287 g/mol. The first kappa shape index (κ1) is 16.0. The number of β-amino-alcohol motifs (C(OH)–C–C–N with tert-alkyl or cyclic N) is 1. The number of nitrogens with one attached hydrogen (secondary N) is 1. The van der Waals surface area contributed by atoms with Crippen LogP contribution >= 0.6 is 0 Å². The van der Waals surface area contributed by atoms with Crippen LogP contribution in [0.4, 0.5) is 0 Å². The maximum absolute atomic E-state index is 10.4. The first-order chi connectivity index (χ1) is 10.1. The number of benzene rings is 2. The van der Waals surface area contributed by atoms with E-state index in [0.29, 0.717) is 6.54 Å². The fraction of sp³-hybridized carbons (Fsp3) is 0.444. The molecule has 2 aromatic carbocycles. The highest BCUT2D eigenvalue weighted by Crippen LogP contribution is 2.21. The quantitative estimate of drug-likeness (QED) is 0.734. The summed E-state index contributed by atoms with van der Waals surface area (Å²) in [5, 5.41) is 25.6. The minimum Gasteiger partial charge on any atom is -0.394 e. The smallest absolute Gasteiger partial charge is 0.0914 e. The minimum absolute atomic E-state index is 0.0877. The van der Waals surface area contributed by atoms with E-state index in [0.717, 1.165) is 23.8 Å². The van der Waals surface area contributed by atoms with E-state index >= 15 is 0 Å². The van der Waals surface area contributed by atoms with Crippen molar-refractivity contribution in [3.8, 4) is 0 Å². The van der Waals surface area contributed by atoms with Crippen LogP contribution in [0.1, 0.15) is 38.4 Å². The summed E-state index contributed by atoms with van der Waals surface area (Å²) in [6.07, 6.45) is 1.10. The van der Waals surface area contributed by atoms with Crippen molar-refractivity contribution in [2.45, 2.75) is 38.3 Å². The molecule has 3 heteroatoms. The van der Waals surface area contributed by atoms with E-state index in [4.69, 9.17) is 0 Å². The lowest BCUT2D eigenvalue weighted by atomic mass is 9.93. The number of aliphatic hydroxyl groups excluding tert-OH is 2. The Balaban J connectivity index is 2.09. The van der Waals surface area contributed by atoms with E-state index in [1.807, 2.05) is 30.3 Å². The fourth-order valence-corrected chi connectivity index (χ4v) is 2.63. The molecule has 0 aromatic heterocycles. The van der Waals surface area contributed by atoms with E-state index in [-0.39, 0.29) is 12.1 Å². The molecule has 0 bridgehead atoms. The maximum atomic E-state index is 10.4. The normalized spacial score (nSPS) is 13.5. The fourth-order valence-electron chi connectivity index (χ4n) is 2.63. The summed E-state index contributed by atoms with van der Waals surface area (Å²) in [6.45, 7) is 4.63. The first-order valence-electron chi connectivity index (χ1n) is 7.67. The molecule has 114 valence electrons. The average molecular weight is 287 g/mol. The molecule has 0 spiro atoms. The third kappa shape index (κ3) is 3.62. The summed E-state index contributed by atoms with van der Waals surface area (Å²) in [5.41, 5.74) is 0.609. The average Bonchev–Trinajstić information content (AvgIpc) is 2.56. The van der Waals surface area contributed by atoms with Gasteiger partial charge in [0, 0.05) is 12.1 Å². The van der Waals surface area contributed by atoms with Gasteiger partial charge in [-0.15, -0.1) is 0 Å². The Hall–Kier alpha value is -1.42. The molecular formula is C18H25NO2. The molecule has 1 unspecified atom stereocenters. The summed E-state index contributed by atoms with van der Waals surface area (Å²) in [5.74, 6) is 0. The van der Waals surface area contributed by atoms with E-state index in [2.05, 4.69) is 31.3 Å². The van der Waals surface area contributed by atoms with Crippen LogP contribution in [0, 0.1) is 0 Å². The van der Waals surface area contributed by atoms with Crippen LogP contribution in [-0.2, 0) is 0 Å². The van der Waals surface area contributed by atoms with Crippen molar-refractivity contribution >= 4 is 10.8 Å². The van der Waals surface area contributed by atoms with Crippen molar-refractivity contribution < 1.29 is 10.2 Å². The maximum Gasteiger partial charge on any atom is 0.0914 e. The largest absolute Gasteiger partial charge is 0.394 e. The van der Waals surface area contributed by atoms with Gasteiger partial charge < -0.3 is 15.5 Å². The second kappa shape index (κ2) is 7.03. The number of hydrogen-bond acceptors (Lipinski definition) is 3. The number of fused-ring (bicyclic) bond motifs is 1. The lowest BCUT2D eigenvalue weighted by Crippen LogP contribution is -2.49. The molecule has 0 saturated heterocycles. The third-order valence-corrected chi connectivity index (χ3v) is 4.48. The third-order valence-electron chi connectivity index (χ3n) is 4.48. The Bertz CT molecular complexity index is 570. The molecule has 0 radical (unpaired) electrons. The van der Waals surface area contributed by atoms with Crippen molar-refractivity contribution in [2.75, 3.05) is 13.2 Å². The van der Waals surface area contributed by atoms with Gasteiger partial charge in [0.1, 0.15) is 0 Å². The van der Waals surface area contributed by atoms with Crippen LogP contribution in [0.25, 0.3) is 10.8 Å². The number of rotatable bonds is 7. The van der Waals surface area contributed by atoms with Crippen LogP contribution in [0.2, 0.25) is 0 Å². The molecule has 2 rings (SSSR count). The topological polar surface area (TPSA) is 52.5 Å². The second-order valence-corrected chi connectivity index (χ2v) is 5.65. The van der Waals surface area contributed by atoms with Gasteiger partial charge in [-0.25, -0.2) is 0 Å². The van der Waals surface area contributed by atoms with Gasteiger partial charge in [0.2, 0.25) is 0 Å². The van der Waals surface area contributed by atoms with Gasteiger partial charge >= 0.3 is 0 Å². The Morgan fingerprint density at radius 3 is 2.33 bits per heavy atom. The highest BCUT2D eigenvalue weighted by Gasteiger charge is 2.25.